The van der Waals surface area contributed by atoms with Crippen LogP contribution in [0.4, 0.5) is 0 Å². The van der Waals surface area contributed by atoms with Crippen LogP contribution in [0, 0.1) is 0 Å². The van der Waals surface area contributed by atoms with Crippen LogP contribution in [-0.2, 0) is 4.74 Å². The Kier molecular flexibility index (Phi) is 10.7. The second-order valence-corrected chi connectivity index (χ2v) is 3.15. The first-order valence-corrected chi connectivity index (χ1v) is 5.29. The maximum Gasteiger partial charge on any atom is 0.0907 e. The van der Waals surface area contributed by atoms with E-state index in [1.807, 2.05) is 0 Å². The molecule has 0 N–H and O–H groups in total. The summed E-state index contributed by atoms with van der Waals surface area (Å²) in [6.07, 6.45) is 13.5. The molecule has 0 rings (SSSR count). The highest BCUT2D eigenvalue weighted by molar-refractivity contribution is 4.81. The van der Waals surface area contributed by atoms with Crippen molar-refractivity contribution in [3.63, 3.8) is 0 Å². The smallest absolute Gasteiger partial charge is 0.0907 e. The third-order valence-corrected chi connectivity index (χ3v) is 1.91. The molecule has 0 aromatic carbocycles. The van der Waals surface area contributed by atoms with Crippen LogP contribution < -0.4 is 0 Å². The van der Waals surface area contributed by atoms with Gasteiger partial charge in [0, 0.05) is 0 Å². The number of allylic oxidation sites excluding steroid dienone is 1. The van der Waals surface area contributed by atoms with Crippen LogP contribution in [0.5, 0.6) is 0 Å². The van der Waals surface area contributed by atoms with E-state index in [0.29, 0.717) is 0 Å². The van der Waals surface area contributed by atoms with E-state index < -0.39 is 0 Å². The molecule has 0 aliphatic heterocycles. The molecule has 1 heteroatoms. The summed E-state index contributed by atoms with van der Waals surface area (Å²) in [5, 5.41) is 0. The Morgan fingerprint density at radius 3 is 2.54 bits per heavy atom. The average molecular weight is 182 g/mol. The van der Waals surface area contributed by atoms with E-state index in [-0.39, 0.29) is 0 Å². The molecule has 0 saturated carbocycles. The van der Waals surface area contributed by atoms with Gasteiger partial charge < -0.3 is 4.74 Å². The van der Waals surface area contributed by atoms with E-state index in [2.05, 4.69) is 25.7 Å². The Bertz CT molecular complexity index is 127. The van der Waals surface area contributed by atoms with Gasteiger partial charge in [0.25, 0.3) is 0 Å². The third kappa shape index (κ3) is 11.3. The molecular formula is C12H22O. The summed E-state index contributed by atoms with van der Waals surface area (Å²) in [5.41, 5.74) is 0. The van der Waals surface area contributed by atoms with Gasteiger partial charge in [0.1, 0.15) is 0 Å². The van der Waals surface area contributed by atoms with Crippen molar-refractivity contribution >= 4 is 0 Å². The Morgan fingerprint density at radius 2 is 1.85 bits per heavy atom. The predicted molar refractivity (Wildman–Crippen MR) is 58.7 cm³/mol. The van der Waals surface area contributed by atoms with Crippen molar-refractivity contribution in [1.82, 2.24) is 0 Å². The number of hydrogen-bond donors (Lipinski definition) is 0. The highest BCUT2D eigenvalue weighted by Crippen LogP contribution is 2.03. The van der Waals surface area contributed by atoms with Gasteiger partial charge >= 0.3 is 0 Å². The topological polar surface area (TPSA) is 9.23 Å². The van der Waals surface area contributed by atoms with Gasteiger partial charge in [0.15, 0.2) is 0 Å². The summed E-state index contributed by atoms with van der Waals surface area (Å²) in [5.74, 6) is 0. The second kappa shape index (κ2) is 11.3. The molecule has 13 heavy (non-hydrogen) atoms. The van der Waals surface area contributed by atoms with Crippen molar-refractivity contribution in [3.8, 4) is 0 Å². The molecule has 1 nitrogen and oxygen atoms in total. The lowest BCUT2D eigenvalue weighted by molar-refractivity contribution is 0.257. The first kappa shape index (κ1) is 12.3. The number of ether oxygens (including phenoxy) is 1. The van der Waals surface area contributed by atoms with Gasteiger partial charge in [-0.1, -0.05) is 44.9 Å². The molecule has 0 atom stereocenters. The van der Waals surface area contributed by atoms with Gasteiger partial charge in [0.05, 0.1) is 12.9 Å². The molecule has 0 amide bonds. The average Bonchev–Trinajstić information content (AvgIpc) is 2.16. The fraction of sp³-hybridized carbons (Fsp3) is 0.667. The van der Waals surface area contributed by atoms with E-state index >= 15 is 0 Å². The zero-order valence-electron chi connectivity index (χ0n) is 8.80. The van der Waals surface area contributed by atoms with E-state index in [1.54, 1.807) is 0 Å². The maximum atomic E-state index is 4.99. The zero-order chi connectivity index (χ0) is 9.78. The number of unbranched alkanes of at least 4 members (excludes halogenated alkanes) is 4. The molecule has 0 aromatic rings. The monoisotopic (exact) mass is 182 g/mol. The summed E-state index contributed by atoms with van der Waals surface area (Å²) in [6.45, 7) is 6.48. The standard InChI is InChI=1S/C12H22O/c1-3-5-6-7-8-9-10-11-12-13-4-2/h4,9-10H,2-3,5-8,11-12H2,1H3/b10-9+. The minimum atomic E-state index is 0.759. The molecule has 0 aromatic heterocycles. The second-order valence-electron chi connectivity index (χ2n) is 3.15. The lowest BCUT2D eigenvalue weighted by Crippen LogP contribution is -1.82. The van der Waals surface area contributed by atoms with E-state index in [4.69, 9.17) is 4.74 Å². The molecule has 0 aliphatic rings. The van der Waals surface area contributed by atoms with Gasteiger partial charge in [-0.15, -0.1) is 0 Å². The van der Waals surface area contributed by atoms with Crippen molar-refractivity contribution in [1.29, 1.82) is 0 Å². The SMILES string of the molecule is C=COCC/C=C/CCCCCC. The highest BCUT2D eigenvalue weighted by atomic mass is 16.5. The van der Waals surface area contributed by atoms with E-state index in [1.165, 1.54) is 38.4 Å². The molecule has 0 aliphatic carbocycles. The minimum absolute atomic E-state index is 0.759. The molecule has 0 bridgehead atoms. The van der Waals surface area contributed by atoms with Crippen LogP contribution in [0.3, 0.4) is 0 Å². The van der Waals surface area contributed by atoms with Gasteiger partial charge in [-0.3, -0.25) is 0 Å². The first-order valence-electron chi connectivity index (χ1n) is 5.29. The Morgan fingerprint density at radius 1 is 1.08 bits per heavy atom. The fourth-order valence-corrected chi connectivity index (χ4v) is 1.14. The molecule has 76 valence electrons. The zero-order valence-corrected chi connectivity index (χ0v) is 8.80. The van der Waals surface area contributed by atoms with Gasteiger partial charge in [-0.25, -0.2) is 0 Å². The summed E-state index contributed by atoms with van der Waals surface area (Å²) in [6, 6.07) is 0. The van der Waals surface area contributed by atoms with Crippen LogP contribution in [0.2, 0.25) is 0 Å². The molecule has 0 radical (unpaired) electrons. The molecule has 0 unspecified atom stereocenters. The molecule has 0 saturated heterocycles. The van der Waals surface area contributed by atoms with Crippen LogP contribution in [0.15, 0.2) is 25.0 Å². The molecule has 0 spiro atoms. The summed E-state index contributed by atoms with van der Waals surface area (Å²) >= 11 is 0. The van der Waals surface area contributed by atoms with Gasteiger partial charge in [0.2, 0.25) is 0 Å². The normalized spacial score (nSPS) is 10.5. The van der Waals surface area contributed by atoms with E-state index in [9.17, 15) is 0 Å². The fourth-order valence-electron chi connectivity index (χ4n) is 1.14. The molecular weight excluding hydrogens is 160 g/mol. The van der Waals surface area contributed by atoms with Crippen molar-refractivity contribution < 1.29 is 4.74 Å². The van der Waals surface area contributed by atoms with Crippen molar-refractivity contribution in [2.45, 2.75) is 45.4 Å². The Hall–Kier alpha value is -0.720. The van der Waals surface area contributed by atoms with Crippen LogP contribution >= 0.6 is 0 Å². The molecule has 0 heterocycles. The summed E-state index contributed by atoms with van der Waals surface area (Å²) in [7, 11) is 0. The van der Waals surface area contributed by atoms with Crippen molar-refractivity contribution in [2.75, 3.05) is 6.61 Å². The van der Waals surface area contributed by atoms with Crippen LogP contribution in [0.25, 0.3) is 0 Å². The maximum absolute atomic E-state index is 4.99. The van der Waals surface area contributed by atoms with Gasteiger partial charge in [-0.05, 0) is 19.3 Å². The predicted octanol–water partition coefficient (Wildman–Crippen LogP) is 4.06. The van der Waals surface area contributed by atoms with Crippen molar-refractivity contribution in [2.24, 2.45) is 0 Å². The summed E-state index contributed by atoms with van der Waals surface area (Å²) < 4.78 is 4.99. The number of hydrogen-bond acceptors (Lipinski definition) is 1. The highest BCUT2D eigenvalue weighted by Gasteiger charge is 1.84. The minimum Gasteiger partial charge on any atom is -0.501 e. The van der Waals surface area contributed by atoms with Crippen LogP contribution in [0.1, 0.15) is 45.4 Å². The first-order chi connectivity index (χ1) is 6.41. The van der Waals surface area contributed by atoms with E-state index in [0.717, 1.165) is 13.0 Å². The summed E-state index contributed by atoms with van der Waals surface area (Å²) in [4.78, 5) is 0. The van der Waals surface area contributed by atoms with Crippen LogP contribution in [-0.4, -0.2) is 6.61 Å². The van der Waals surface area contributed by atoms with Gasteiger partial charge in [-0.2, -0.15) is 0 Å². The van der Waals surface area contributed by atoms with Crippen molar-refractivity contribution in [3.05, 3.63) is 25.0 Å². The molecule has 0 fully saturated rings. The lowest BCUT2D eigenvalue weighted by Gasteiger charge is -1.95. The lowest BCUT2D eigenvalue weighted by atomic mass is 10.1. The Labute approximate surface area is 82.5 Å². The number of rotatable bonds is 9. The Balaban J connectivity index is 2.98. The third-order valence-electron chi connectivity index (χ3n) is 1.91. The largest absolute Gasteiger partial charge is 0.501 e. The quantitative estimate of drug-likeness (QED) is 0.297.